The SMILES string of the molecule is Cc1noc(NC(=O)C(C)(F)F)n1. The second-order valence-electron chi connectivity index (χ2n) is 2.49. The number of anilines is 1. The van der Waals surface area contributed by atoms with Crippen LogP contribution in [0.1, 0.15) is 12.7 Å². The molecule has 7 heteroatoms. The molecule has 1 amide bonds. The summed E-state index contributed by atoms with van der Waals surface area (Å²) in [6.07, 6.45) is 0. The van der Waals surface area contributed by atoms with Gasteiger partial charge in [-0.25, -0.2) is 0 Å². The van der Waals surface area contributed by atoms with Crippen molar-refractivity contribution in [3.8, 4) is 0 Å². The Hall–Kier alpha value is -1.53. The van der Waals surface area contributed by atoms with Gasteiger partial charge in [-0.1, -0.05) is 5.16 Å². The van der Waals surface area contributed by atoms with Gasteiger partial charge in [-0.3, -0.25) is 10.1 Å². The minimum Gasteiger partial charge on any atom is -0.315 e. The molecule has 0 bridgehead atoms. The number of amides is 1. The van der Waals surface area contributed by atoms with Crippen LogP contribution >= 0.6 is 0 Å². The Morgan fingerprint density at radius 1 is 1.62 bits per heavy atom. The minimum absolute atomic E-state index is 0.259. The van der Waals surface area contributed by atoms with E-state index in [1.807, 2.05) is 0 Å². The van der Waals surface area contributed by atoms with Gasteiger partial charge < -0.3 is 4.52 Å². The van der Waals surface area contributed by atoms with Crippen LogP contribution in [0.3, 0.4) is 0 Å². The maximum Gasteiger partial charge on any atom is 0.328 e. The number of nitrogens with one attached hydrogen (secondary N) is 1. The fraction of sp³-hybridized carbons (Fsp3) is 0.500. The van der Waals surface area contributed by atoms with E-state index in [9.17, 15) is 13.6 Å². The summed E-state index contributed by atoms with van der Waals surface area (Å²) >= 11 is 0. The first kappa shape index (κ1) is 9.56. The van der Waals surface area contributed by atoms with Gasteiger partial charge in [0.05, 0.1) is 0 Å². The average molecular weight is 191 g/mol. The number of carbonyl (C=O) groups excluding carboxylic acids is 1. The van der Waals surface area contributed by atoms with Crippen molar-refractivity contribution in [1.29, 1.82) is 0 Å². The lowest BCUT2D eigenvalue weighted by Crippen LogP contribution is -2.31. The first-order chi connectivity index (χ1) is 5.89. The normalized spacial score (nSPS) is 11.4. The van der Waals surface area contributed by atoms with Crippen LogP contribution in [0.4, 0.5) is 14.8 Å². The number of hydrogen-bond acceptors (Lipinski definition) is 4. The fourth-order valence-electron chi connectivity index (χ4n) is 0.555. The summed E-state index contributed by atoms with van der Waals surface area (Å²) in [6, 6.07) is -0.330. The third-order valence-electron chi connectivity index (χ3n) is 1.15. The van der Waals surface area contributed by atoms with E-state index in [-0.39, 0.29) is 11.8 Å². The first-order valence-electron chi connectivity index (χ1n) is 3.39. The molecule has 5 nitrogen and oxygen atoms in total. The molecule has 1 aromatic heterocycles. The van der Waals surface area contributed by atoms with Crippen LogP contribution in [-0.2, 0) is 4.79 Å². The highest BCUT2D eigenvalue weighted by Gasteiger charge is 2.33. The summed E-state index contributed by atoms with van der Waals surface area (Å²) in [5.41, 5.74) is 0. The predicted octanol–water partition coefficient (Wildman–Crippen LogP) is 0.972. The van der Waals surface area contributed by atoms with Crippen molar-refractivity contribution in [2.75, 3.05) is 5.32 Å². The summed E-state index contributed by atoms with van der Waals surface area (Å²) in [6.45, 7) is 1.98. The lowest BCUT2D eigenvalue weighted by molar-refractivity contribution is -0.137. The van der Waals surface area contributed by atoms with E-state index in [2.05, 4.69) is 14.7 Å². The number of aromatic nitrogens is 2. The highest BCUT2D eigenvalue weighted by Crippen LogP contribution is 2.14. The lowest BCUT2D eigenvalue weighted by atomic mass is 10.4. The second-order valence-corrected chi connectivity index (χ2v) is 2.49. The van der Waals surface area contributed by atoms with Crippen molar-refractivity contribution in [3.05, 3.63) is 5.82 Å². The van der Waals surface area contributed by atoms with E-state index in [0.717, 1.165) is 0 Å². The van der Waals surface area contributed by atoms with E-state index in [1.54, 1.807) is 5.32 Å². The zero-order valence-corrected chi connectivity index (χ0v) is 6.97. The molecule has 72 valence electrons. The van der Waals surface area contributed by atoms with Gasteiger partial charge in [-0.15, -0.1) is 0 Å². The molecule has 0 fully saturated rings. The number of alkyl halides is 2. The van der Waals surface area contributed by atoms with Crippen LogP contribution in [0.2, 0.25) is 0 Å². The molecule has 0 radical (unpaired) electrons. The molecule has 1 aromatic rings. The van der Waals surface area contributed by atoms with Gasteiger partial charge in [0.15, 0.2) is 5.82 Å². The molecule has 0 aliphatic carbocycles. The van der Waals surface area contributed by atoms with Crippen molar-refractivity contribution in [1.82, 2.24) is 10.1 Å². The Kier molecular flexibility index (Phi) is 2.26. The van der Waals surface area contributed by atoms with E-state index >= 15 is 0 Å². The Balaban J connectivity index is 2.65. The van der Waals surface area contributed by atoms with Gasteiger partial charge in [-0.05, 0) is 6.92 Å². The van der Waals surface area contributed by atoms with Crippen molar-refractivity contribution >= 4 is 11.9 Å². The zero-order chi connectivity index (χ0) is 10.1. The molecule has 1 heterocycles. The van der Waals surface area contributed by atoms with Crippen LogP contribution in [0, 0.1) is 6.92 Å². The smallest absolute Gasteiger partial charge is 0.315 e. The van der Waals surface area contributed by atoms with Crippen LogP contribution in [0.5, 0.6) is 0 Å². The second kappa shape index (κ2) is 3.08. The van der Waals surface area contributed by atoms with Crippen LogP contribution < -0.4 is 5.32 Å². The molecular formula is C6H7F2N3O2. The molecule has 0 aromatic carbocycles. The van der Waals surface area contributed by atoms with Gasteiger partial charge in [0, 0.05) is 6.92 Å². The van der Waals surface area contributed by atoms with Crippen LogP contribution in [0.15, 0.2) is 4.52 Å². The zero-order valence-electron chi connectivity index (χ0n) is 6.97. The Labute approximate surface area is 72.1 Å². The van der Waals surface area contributed by atoms with E-state index < -0.39 is 11.8 Å². The monoisotopic (exact) mass is 191 g/mol. The molecule has 0 aliphatic heterocycles. The third kappa shape index (κ3) is 2.46. The maximum absolute atomic E-state index is 12.3. The maximum atomic E-state index is 12.3. The van der Waals surface area contributed by atoms with E-state index in [1.165, 1.54) is 6.92 Å². The van der Waals surface area contributed by atoms with E-state index in [0.29, 0.717) is 6.92 Å². The highest BCUT2D eigenvalue weighted by atomic mass is 19.3. The van der Waals surface area contributed by atoms with Crippen molar-refractivity contribution in [2.24, 2.45) is 0 Å². The van der Waals surface area contributed by atoms with Crippen LogP contribution in [0.25, 0.3) is 0 Å². The van der Waals surface area contributed by atoms with Crippen LogP contribution in [-0.4, -0.2) is 22.0 Å². The summed E-state index contributed by atoms with van der Waals surface area (Å²) in [5.74, 6) is -4.67. The number of rotatable bonds is 2. The predicted molar refractivity (Wildman–Crippen MR) is 38.3 cm³/mol. The average Bonchev–Trinajstić information content (AvgIpc) is 2.33. The molecule has 13 heavy (non-hydrogen) atoms. The van der Waals surface area contributed by atoms with Gasteiger partial charge in [0.25, 0.3) is 5.91 Å². The molecule has 0 spiro atoms. The van der Waals surface area contributed by atoms with Crippen molar-refractivity contribution < 1.29 is 18.1 Å². The molecule has 0 aliphatic rings. The Bertz CT molecular complexity index is 318. The quantitative estimate of drug-likeness (QED) is 0.756. The van der Waals surface area contributed by atoms with Crippen molar-refractivity contribution in [2.45, 2.75) is 19.8 Å². The largest absolute Gasteiger partial charge is 0.328 e. The number of nitrogens with zero attached hydrogens (tertiary/aromatic N) is 2. The highest BCUT2D eigenvalue weighted by molar-refractivity contribution is 5.93. The first-order valence-corrected chi connectivity index (χ1v) is 3.39. The molecule has 1 rings (SSSR count). The topological polar surface area (TPSA) is 68.0 Å². The summed E-state index contributed by atoms with van der Waals surface area (Å²) in [4.78, 5) is 14.2. The molecule has 1 N–H and O–H groups in total. The molecular weight excluding hydrogens is 184 g/mol. The number of carbonyl (C=O) groups is 1. The number of halogens is 2. The number of hydrogen-bond donors (Lipinski definition) is 1. The molecule has 0 atom stereocenters. The minimum atomic E-state index is -3.46. The Morgan fingerprint density at radius 3 is 2.62 bits per heavy atom. The number of aryl methyl sites for hydroxylation is 1. The summed E-state index contributed by atoms with van der Waals surface area (Å²) in [7, 11) is 0. The Morgan fingerprint density at radius 2 is 2.23 bits per heavy atom. The lowest BCUT2D eigenvalue weighted by Gasteiger charge is -2.06. The van der Waals surface area contributed by atoms with Gasteiger partial charge in [0.1, 0.15) is 0 Å². The third-order valence-corrected chi connectivity index (χ3v) is 1.15. The summed E-state index contributed by atoms with van der Waals surface area (Å²) < 4.78 is 29.0. The molecule has 0 saturated carbocycles. The fourth-order valence-corrected chi connectivity index (χ4v) is 0.555. The van der Waals surface area contributed by atoms with Gasteiger partial charge in [0.2, 0.25) is 0 Å². The summed E-state index contributed by atoms with van der Waals surface area (Å²) in [5, 5.41) is 5.08. The van der Waals surface area contributed by atoms with Crippen molar-refractivity contribution in [3.63, 3.8) is 0 Å². The standard InChI is InChI=1S/C6H7F2N3O2/c1-3-9-5(13-11-3)10-4(12)6(2,7)8/h1-2H3,(H,9,10,11,12). The molecule has 0 unspecified atom stereocenters. The molecule has 0 saturated heterocycles. The van der Waals surface area contributed by atoms with Gasteiger partial charge in [-0.2, -0.15) is 13.8 Å². The van der Waals surface area contributed by atoms with Gasteiger partial charge >= 0.3 is 11.9 Å². The van der Waals surface area contributed by atoms with E-state index in [4.69, 9.17) is 0 Å².